The summed E-state index contributed by atoms with van der Waals surface area (Å²) in [6.07, 6.45) is 1.58. The summed E-state index contributed by atoms with van der Waals surface area (Å²) in [4.78, 5) is 22.7. The third-order valence-electron chi connectivity index (χ3n) is 5.21. The third kappa shape index (κ3) is 6.37. The summed E-state index contributed by atoms with van der Waals surface area (Å²) in [5.74, 6) is 0.111. The van der Waals surface area contributed by atoms with E-state index in [4.69, 9.17) is 21.1 Å². The van der Waals surface area contributed by atoms with Gasteiger partial charge in [0.15, 0.2) is 18.1 Å². The van der Waals surface area contributed by atoms with Gasteiger partial charge in [-0.25, -0.2) is 0 Å². The van der Waals surface area contributed by atoms with Crippen LogP contribution in [0, 0.1) is 35.3 Å². The smallest absolute Gasteiger partial charge is 0.269 e. The first-order valence-corrected chi connectivity index (χ1v) is 10.8. The van der Waals surface area contributed by atoms with Crippen molar-refractivity contribution in [2.45, 2.75) is 13.8 Å². The summed E-state index contributed by atoms with van der Waals surface area (Å²) in [5, 5.41) is 23.4. The van der Waals surface area contributed by atoms with Crippen molar-refractivity contribution < 1.29 is 19.2 Å². The lowest BCUT2D eigenvalue weighted by atomic mass is 10.0. The highest BCUT2D eigenvalue weighted by molar-refractivity contribution is 6.32. The molecule has 1 N–H and O–H groups in total. The number of rotatable bonds is 8. The fraction of sp³-hybridized carbons (Fsp3) is 0.154. The van der Waals surface area contributed by atoms with E-state index in [1.54, 1.807) is 18.2 Å². The van der Waals surface area contributed by atoms with Crippen LogP contribution in [0.2, 0.25) is 5.02 Å². The third-order valence-corrected chi connectivity index (χ3v) is 5.49. The van der Waals surface area contributed by atoms with Crippen LogP contribution in [0.5, 0.6) is 11.5 Å². The van der Waals surface area contributed by atoms with Gasteiger partial charge in [0.25, 0.3) is 11.6 Å². The standard InChI is InChI=1S/C26H22ClN3O5/c1-16-4-7-21(10-17(16)2)29-25(31)15-35-26-23(27)12-18(13-24(26)34-3)11-20(14-28)19-5-8-22(9-6-19)30(32)33/h4-13H,15H2,1-3H3,(H,29,31)/b20-11+. The number of nitro benzene ring substituents is 1. The van der Waals surface area contributed by atoms with Crippen LogP contribution in [0.15, 0.2) is 54.6 Å². The fourth-order valence-corrected chi connectivity index (χ4v) is 3.50. The molecule has 0 aromatic heterocycles. The summed E-state index contributed by atoms with van der Waals surface area (Å²) < 4.78 is 11.0. The molecule has 178 valence electrons. The predicted octanol–water partition coefficient (Wildman–Crippen LogP) is 5.96. The normalized spacial score (nSPS) is 10.9. The molecule has 0 aliphatic carbocycles. The van der Waals surface area contributed by atoms with Gasteiger partial charge in [0.1, 0.15) is 0 Å². The van der Waals surface area contributed by atoms with Crippen LogP contribution in [0.4, 0.5) is 11.4 Å². The molecule has 3 rings (SSSR count). The number of hydrogen-bond donors (Lipinski definition) is 1. The first-order valence-electron chi connectivity index (χ1n) is 10.5. The largest absolute Gasteiger partial charge is 0.493 e. The summed E-state index contributed by atoms with van der Waals surface area (Å²) in [5.41, 5.74) is 4.11. The van der Waals surface area contributed by atoms with Crippen LogP contribution in [-0.2, 0) is 4.79 Å². The zero-order valence-electron chi connectivity index (χ0n) is 19.3. The predicted molar refractivity (Wildman–Crippen MR) is 135 cm³/mol. The molecule has 0 aliphatic rings. The molecule has 0 atom stereocenters. The molecule has 0 aliphatic heterocycles. The molecular formula is C26H22ClN3O5. The number of nitrogens with one attached hydrogen (secondary N) is 1. The molecule has 0 saturated heterocycles. The molecule has 35 heavy (non-hydrogen) atoms. The molecule has 0 unspecified atom stereocenters. The van der Waals surface area contributed by atoms with Crippen molar-refractivity contribution in [3.63, 3.8) is 0 Å². The van der Waals surface area contributed by atoms with Crippen LogP contribution in [-0.4, -0.2) is 24.5 Å². The maximum Gasteiger partial charge on any atom is 0.269 e. The number of methoxy groups -OCH3 is 1. The van der Waals surface area contributed by atoms with Gasteiger partial charge in [-0.1, -0.05) is 17.7 Å². The number of amides is 1. The highest BCUT2D eigenvalue weighted by Gasteiger charge is 2.15. The number of halogens is 1. The second kappa shape index (κ2) is 11.2. The minimum absolute atomic E-state index is 0.0706. The van der Waals surface area contributed by atoms with Crippen LogP contribution < -0.4 is 14.8 Å². The van der Waals surface area contributed by atoms with Gasteiger partial charge in [0.05, 0.1) is 28.7 Å². The average molecular weight is 492 g/mol. The molecule has 0 radical (unpaired) electrons. The van der Waals surface area contributed by atoms with E-state index in [1.165, 1.54) is 31.4 Å². The van der Waals surface area contributed by atoms with Crippen molar-refractivity contribution in [2.24, 2.45) is 0 Å². The Morgan fingerprint density at radius 2 is 1.86 bits per heavy atom. The van der Waals surface area contributed by atoms with Crippen LogP contribution in [0.1, 0.15) is 22.3 Å². The molecule has 3 aromatic carbocycles. The minimum Gasteiger partial charge on any atom is -0.493 e. The number of nitriles is 1. The Bertz CT molecular complexity index is 1340. The van der Waals surface area contributed by atoms with E-state index in [-0.39, 0.29) is 40.3 Å². The Balaban J connectivity index is 1.78. The number of allylic oxidation sites excluding steroid dienone is 1. The van der Waals surface area contributed by atoms with Gasteiger partial charge in [-0.05, 0) is 78.6 Å². The molecule has 1 amide bonds. The van der Waals surface area contributed by atoms with E-state index in [1.807, 2.05) is 32.0 Å². The van der Waals surface area contributed by atoms with E-state index in [2.05, 4.69) is 11.4 Å². The molecule has 8 nitrogen and oxygen atoms in total. The van der Waals surface area contributed by atoms with Gasteiger partial charge in [-0.2, -0.15) is 5.26 Å². The zero-order chi connectivity index (χ0) is 25.5. The number of nitrogens with zero attached hydrogens (tertiary/aromatic N) is 2. The Morgan fingerprint density at radius 1 is 1.14 bits per heavy atom. The van der Waals surface area contributed by atoms with E-state index < -0.39 is 4.92 Å². The topological polar surface area (TPSA) is 114 Å². The van der Waals surface area contributed by atoms with Crippen molar-refractivity contribution in [2.75, 3.05) is 19.0 Å². The summed E-state index contributed by atoms with van der Waals surface area (Å²) in [7, 11) is 1.43. The maximum atomic E-state index is 12.4. The monoisotopic (exact) mass is 491 g/mol. The Kier molecular flexibility index (Phi) is 8.08. The lowest BCUT2D eigenvalue weighted by Crippen LogP contribution is -2.20. The number of non-ortho nitro benzene ring substituents is 1. The number of anilines is 1. The lowest BCUT2D eigenvalue weighted by molar-refractivity contribution is -0.384. The van der Waals surface area contributed by atoms with E-state index in [9.17, 15) is 20.2 Å². The van der Waals surface area contributed by atoms with Crippen LogP contribution in [0.25, 0.3) is 11.6 Å². The van der Waals surface area contributed by atoms with Gasteiger partial charge in [-0.15, -0.1) is 0 Å². The second-order valence-electron chi connectivity index (χ2n) is 7.64. The molecule has 0 fully saturated rings. The first-order chi connectivity index (χ1) is 16.7. The average Bonchev–Trinajstić information content (AvgIpc) is 2.83. The molecule has 3 aromatic rings. The van der Waals surface area contributed by atoms with Crippen molar-refractivity contribution in [1.82, 2.24) is 0 Å². The Hall–Kier alpha value is -4.35. The number of benzene rings is 3. The molecule has 0 spiro atoms. The van der Waals surface area contributed by atoms with Crippen molar-refractivity contribution in [3.05, 3.63) is 92.0 Å². The zero-order valence-corrected chi connectivity index (χ0v) is 20.1. The Labute approximate surface area is 207 Å². The van der Waals surface area contributed by atoms with E-state index >= 15 is 0 Å². The highest BCUT2D eigenvalue weighted by atomic mass is 35.5. The van der Waals surface area contributed by atoms with Crippen LogP contribution in [0.3, 0.4) is 0 Å². The van der Waals surface area contributed by atoms with Crippen molar-refractivity contribution in [1.29, 1.82) is 5.26 Å². The quantitative estimate of drug-likeness (QED) is 0.180. The van der Waals surface area contributed by atoms with Gasteiger partial charge in [0.2, 0.25) is 0 Å². The molecule has 9 heteroatoms. The van der Waals surface area contributed by atoms with Gasteiger partial charge in [0, 0.05) is 17.8 Å². The second-order valence-corrected chi connectivity index (χ2v) is 8.05. The van der Waals surface area contributed by atoms with E-state index in [0.29, 0.717) is 16.8 Å². The number of carbonyl (C=O) groups excluding carboxylic acids is 1. The summed E-state index contributed by atoms with van der Waals surface area (Å²) in [6.45, 7) is 3.66. The molecule has 0 saturated carbocycles. The Morgan fingerprint density at radius 3 is 2.46 bits per heavy atom. The SMILES string of the molecule is COc1cc(/C=C(\C#N)c2ccc([N+](=O)[O-])cc2)cc(Cl)c1OCC(=O)Nc1ccc(C)c(C)c1. The fourth-order valence-electron chi connectivity index (χ4n) is 3.23. The highest BCUT2D eigenvalue weighted by Crippen LogP contribution is 2.37. The summed E-state index contributed by atoms with van der Waals surface area (Å²) >= 11 is 6.40. The van der Waals surface area contributed by atoms with Gasteiger partial charge >= 0.3 is 0 Å². The molecular weight excluding hydrogens is 470 g/mol. The molecule has 0 heterocycles. The number of aryl methyl sites for hydroxylation is 2. The number of nitro groups is 1. The molecule has 0 bridgehead atoms. The number of hydrogen-bond acceptors (Lipinski definition) is 6. The van der Waals surface area contributed by atoms with Crippen LogP contribution >= 0.6 is 11.6 Å². The van der Waals surface area contributed by atoms with Gasteiger partial charge < -0.3 is 14.8 Å². The maximum absolute atomic E-state index is 12.4. The van der Waals surface area contributed by atoms with Crippen molar-refractivity contribution in [3.8, 4) is 17.6 Å². The van der Waals surface area contributed by atoms with Gasteiger partial charge in [-0.3, -0.25) is 14.9 Å². The minimum atomic E-state index is -0.509. The summed E-state index contributed by atoms with van der Waals surface area (Å²) in [6, 6.07) is 16.5. The first kappa shape index (κ1) is 25.3. The van der Waals surface area contributed by atoms with E-state index in [0.717, 1.165) is 11.1 Å². The number of carbonyl (C=O) groups is 1. The lowest BCUT2D eigenvalue weighted by Gasteiger charge is -2.14. The van der Waals surface area contributed by atoms with Crippen molar-refractivity contribution >= 4 is 40.5 Å². The number of ether oxygens (including phenoxy) is 2.